The molecule has 1 amide bonds. The van der Waals surface area contributed by atoms with Crippen LogP contribution in [0.4, 0.5) is 0 Å². The predicted octanol–water partition coefficient (Wildman–Crippen LogP) is 4.94. The van der Waals surface area contributed by atoms with Crippen LogP contribution in [0.1, 0.15) is 64.8 Å². The second-order valence-electron chi connectivity index (χ2n) is 9.85. The van der Waals surface area contributed by atoms with Crippen molar-refractivity contribution in [2.24, 2.45) is 5.92 Å². The number of amides is 1. The highest BCUT2D eigenvalue weighted by Gasteiger charge is 2.38. The minimum atomic E-state index is -1.02. The molecule has 0 saturated carbocycles. The average molecular weight is 580 g/mol. The maximum absolute atomic E-state index is 11.9. The quantitative estimate of drug-likeness (QED) is 0.219. The highest BCUT2D eigenvalue weighted by atomic mass is 32.2. The topological polar surface area (TPSA) is 142 Å². The van der Waals surface area contributed by atoms with Crippen LogP contribution in [0.3, 0.4) is 0 Å². The van der Waals surface area contributed by atoms with Crippen LogP contribution < -0.4 is 5.32 Å². The Morgan fingerprint density at radius 3 is 2.17 bits per heavy atom. The summed E-state index contributed by atoms with van der Waals surface area (Å²) in [5.74, 6) is -1.87. The Morgan fingerprint density at radius 2 is 1.51 bits per heavy atom. The summed E-state index contributed by atoms with van der Waals surface area (Å²) in [6.45, 7) is 2.26. The van der Waals surface area contributed by atoms with Gasteiger partial charge in [0.15, 0.2) is 6.29 Å². The summed E-state index contributed by atoms with van der Waals surface area (Å²) in [5.41, 5.74) is 3.62. The van der Waals surface area contributed by atoms with Gasteiger partial charge >= 0.3 is 11.9 Å². The minimum absolute atomic E-state index is 0.0539. The molecule has 0 bridgehead atoms. The molecule has 0 unspecified atom stereocenters. The molecule has 1 aliphatic heterocycles. The van der Waals surface area contributed by atoms with Crippen LogP contribution in [0.15, 0.2) is 77.7 Å². The van der Waals surface area contributed by atoms with Gasteiger partial charge in [0.2, 0.25) is 5.91 Å². The zero-order chi connectivity index (χ0) is 29.4. The van der Waals surface area contributed by atoms with E-state index in [1.165, 1.54) is 11.8 Å². The van der Waals surface area contributed by atoms with Crippen molar-refractivity contribution in [2.75, 3.05) is 5.75 Å². The first-order valence-electron chi connectivity index (χ1n) is 13.3. The van der Waals surface area contributed by atoms with Crippen LogP contribution >= 0.6 is 11.8 Å². The van der Waals surface area contributed by atoms with E-state index in [2.05, 4.69) is 5.32 Å². The van der Waals surface area contributed by atoms with Crippen molar-refractivity contribution >= 4 is 29.6 Å². The molecule has 1 fully saturated rings. The number of thioether (sulfide) groups is 1. The molecule has 0 spiro atoms. The molecule has 4 rings (SSSR count). The third-order valence-corrected chi connectivity index (χ3v) is 8.11. The number of hydrogen-bond acceptors (Lipinski definition) is 7. The molecule has 0 aromatic heterocycles. The monoisotopic (exact) mass is 579 g/mol. The van der Waals surface area contributed by atoms with E-state index in [1.54, 1.807) is 18.2 Å². The Balaban J connectivity index is 1.50. The van der Waals surface area contributed by atoms with Crippen molar-refractivity contribution in [1.29, 1.82) is 0 Å². The zero-order valence-corrected chi connectivity index (χ0v) is 23.4. The highest BCUT2D eigenvalue weighted by Crippen LogP contribution is 2.43. The molecule has 216 valence electrons. The van der Waals surface area contributed by atoms with E-state index in [0.717, 1.165) is 22.3 Å². The number of rotatable bonds is 12. The summed E-state index contributed by atoms with van der Waals surface area (Å²) < 4.78 is 12.9. The molecule has 1 aliphatic rings. The Hall–Kier alpha value is -3.70. The maximum Gasteiger partial charge on any atom is 0.336 e. The Morgan fingerprint density at radius 1 is 0.854 bits per heavy atom. The maximum atomic E-state index is 11.9. The Kier molecular flexibility index (Phi) is 10.5. The third-order valence-electron chi connectivity index (χ3n) is 6.95. The normalized spacial score (nSPS) is 20.3. The Labute approximate surface area is 242 Å². The number of nitrogens with one attached hydrogen (secondary N) is 1. The number of carbonyl (C=O) groups is 3. The fourth-order valence-corrected chi connectivity index (χ4v) is 5.76. The van der Waals surface area contributed by atoms with E-state index in [9.17, 15) is 24.6 Å². The van der Waals surface area contributed by atoms with Gasteiger partial charge in [0, 0.05) is 35.1 Å². The van der Waals surface area contributed by atoms with Crippen molar-refractivity contribution in [3.05, 3.63) is 101 Å². The lowest BCUT2D eigenvalue weighted by atomic mass is 9.91. The number of carboxylic acid groups (broad SMARTS) is 2. The van der Waals surface area contributed by atoms with Gasteiger partial charge in [-0.3, -0.25) is 9.59 Å². The molecule has 3 aromatic rings. The fraction of sp³-hybridized carbons (Fsp3) is 0.323. The van der Waals surface area contributed by atoms with Gasteiger partial charge in [0.1, 0.15) is 0 Å². The molecular weight excluding hydrogens is 546 g/mol. The number of carbonyl (C=O) groups excluding carboxylic acids is 1. The molecule has 10 heteroatoms. The summed E-state index contributed by atoms with van der Waals surface area (Å²) in [6.07, 6.45) is -1.56. The molecule has 9 nitrogen and oxygen atoms in total. The number of carboxylic acids is 2. The van der Waals surface area contributed by atoms with Crippen LogP contribution in [0, 0.1) is 5.92 Å². The number of aliphatic hydroxyl groups is 1. The number of hydrogen-bond donors (Lipinski definition) is 4. The molecule has 4 atom stereocenters. The van der Waals surface area contributed by atoms with E-state index in [4.69, 9.17) is 14.6 Å². The second kappa shape index (κ2) is 14.3. The molecule has 1 heterocycles. The van der Waals surface area contributed by atoms with E-state index < -0.39 is 18.2 Å². The van der Waals surface area contributed by atoms with Gasteiger partial charge in [-0.25, -0.2) is 4.79 Å². The van der Waals surface area contributed by atoms with Crippen LogP contribution in [0.5, 0.6) is 0 Å². The number of aliphatic carboxylic acids is 1. The minimum Gasteiger partial charge on any atom is -0.481 e. The van der Waals surface area contributed by atoms with Crippen molar-refractivity contribution in [3.63, 3.8) is 0 Å². The fourth-order valence-electron chi connectivity index (χ4n) is 4.55. The van der Waals surface area contributed by atoms with Gasteiger partial charge in [-0.15, -0.1) is 11.8 Å². The summed E-state index contributed by atoms with van der Waals surface area (Å²) in [6, 6.07) is 22.0. The largest absolute Gasteiger partial charge is 0.481 e. The lowest BCUT2D eigenvalue weighted by Gasteiger charge is -2.41. The standard InChI is InChI=1S/C31H33NO8S/c1-19-25(18-41-26-5-3-2-4-24(26)30(37)38)39-31(40-29(19)22-10-8-21(17-33)9-11-22)23-12-6-20(7-13-23)16-32-27(34)14-15-28(35)36/h2-13,19,25,29,31,33H,14-18H2,1H3,(H,32,34)(H,35,36)(H,37,38)/t19-,25+,29+,31+/m1/s1. The smallest absolute Gasteiger partial charge is 0.336 e. The molecule has 41 heavy (non-hydrogen) atoms. The summed E-state index contributed by atoms with van der Waals surface area (Å²) in [7, 11) is 0. The lowest BCUT2D eigenvalue weighted by molar-refractivity contribution is -0.268. The van der Waals surface area contributed by atoms with Crippen molar-refractivity contribution < 1.29 is 39.2 Å². The number of aliphatic hydroxyl groups excluding tert-OH is 1. The lowest BCUT2D eigenvalue weighted by Crippen LogP contribution is -2.38. The van der Waals surface area contributed by atoms with Crippen LogP contribution in [0.25, 0.3) is 0 Å². The van der Waals surface area contributed by atoms with Gasteiger partial charge in [-0.1, -0.05) is 67.6 Å². The van der Waals surface area contributed by atoms with Gasteiger partial charge in [0.25, 0.3) is 0 Å². The number of aromatic carboxylic acids is 1. The number of benzene rings is 3. The SMILES string of the molecule is C[C@@H]1[C@H](CSc2ccccc2C(=O)O)O[C@H](c2ccc(CNC(=O)CCC(=O)O)cc2)O[C@@H]1c1ccc(CO)cc1. The molecular formula is C31H33NO8S. The van der Waals surface area contributed by atoms with Gasteiger partial charge in [-0.05, 0) is 28.8 Å². The third kappa shape index (κ3) is 8.17. The highest BCUT2D eigenvalue weighted by molar-refractivity contribution is 7.99. The van der Waals surface area contributed by atoms with Gasteiger partial charge in [0.05, 0.1) is 30.8 Å². The zero-order valence-electron chi connectivity index (χ0n) is 22.6. The molecule has 4 N–H and O–H groups in total. The van der Waals surface area contributed by atoms with Crippen molar-refractivity contribution in [2.45, 2.75) is 56.3 Å². The molecule has 0 radical (unpaired) electrons. The van der Waals surface area contributed by atoms with E-state index in [0.29, 0.717) is 10.6 Å². The summed E-state index contributed by atoms with van der Waals surface area (Å²) in [5, 5.41) is 30.5. The first kappa shape index (κ1) is 30.3. The second-order valence-corrected chi connectivity index (χ2v) is 10.9. The van der Waals surface area contributed by atoms with E-state index >= 15 is 0 Å². The van der Waals surface area contributed by atoms with Crippen molar-refractivity contribution in [3.8, 4) is 0 Å². The van der Waals surface area contributed by atoms with Gasteiger partial charge in [-0.2, -0.15) is 0 Å². The summed E-state index contributed by atoms with van der Waals surface area (Å²) in [4.78, 5) is 34.9. The molecule has 0 aliphatic carbocycles. The molecule has 1 saturated heterocycles. The van der Waals surface area contributed by atoms with Crippen molar-refractivity contribution in [1.82, 2.24) is 5.32 Å². The number of ether oxygens (including phenoxy) is 2. The van der Waals surface area contributed by atoms with E-state index in [1.807, 2.05) is 61.5 Å². The van der Waals surface area contributed by atoms with Crippen LogP contribution in [0.2, 0.25) is 0 Å². The van der Waals surface area contributed by atoms with Crippen LogP contribution in [-0.2, 0) is 32.2 Å². The average Bonchev–Trinajstić information content (AvgIpc) is 2.99. The predicted molar refractivity (Wildman–Crippen MR) is 152 cm³/mol. The molecule has 3 aromatic carbocycles. The van der Waals surface area contributed by atoms with Gasteiger partial charge < -0.3 is 30.1 Å². The first-order chi connectivity index (χ1) is 19.7. The summed E-state index contributed by atoms with van der Waals surface area (Å²) >= 11 is 1.43. The first-order valence-corrected chi connectivity index (χ1v) is 14.3. The Bertz CT molecular complexity index is 1340. The van der Waals surface area contributed by atoms with Crippen LogP contribution in [-0.4, -0.2) is 45.0 Å². The van der Waals surface area contributed by atoms with E-state index in [-0.39, 0.29) is 55.6 Å².